The van der Waals surface area contributed by atoms with Gasteiger partial charge in [-0.15, -0.1) is 0 Å². The molecule has 0 saturated carbocycles. The lowest BCUT2D eigenvalue weighted by Gasteiger charge is -2.18. The highest BCUT2D eigenvalue weighted by atomic mass is 35.5. The van der Waals surface area contributed by atoms with Crippen LogP contribution in [-0.4, -0.2) is 44.9 Å². The van der Waals surface area contributed by atoms with Crippen molar-refractivity contribution in [1.29, 1.82) is 0 Å². The van der Waals surface area contributed by atoms with Crippen molar-refractivity contribution in [2.24, 2.45) is 0 Å². The van der Waals surface area contributed by atoms with Crippen molar-refractivity contribution < 1.29 is 37.5 Å². The van der Waals surface area contributed by atoms with Crippen LogP contribution in [0, 0.1) is 0 Å². The zero-order valence-electron chi connectivity index (χ0n) is 17.5. The summed E-state index contributed by atoms with van der Waals surface area (Å²) in [4.78, 5) is 51.8. The van der Waals surface area contributed by atoms with Gasteiger partial charge < -0.3 is 10.4 Å². The smallest absolute Gasteiger partial charge is 0.475 e. The van der Waals surface area contributed by atoms with Crippen molar-refractivity contribution in [1.82, 2.24) is 9.88 Å². The predicted octanol–water partition coefficient (Wildman–Crippen LogP) is 4.42. The Bertz CT molecular complexity index is 1260. The van der Waals surface area contributed by atoms with E-state index in [9.17, 15) is 27.6 Å². The zero-order valence-corrected chi connectivity index (χ0v) is 18.3. The molecule has 0 aliphatic carbocycles. The van der Waals surface area contributed by atoms with Gasteiger partial charge in [0.15, 0.2) is 0 Å². The number of aromatic nitrogens is 1. The number of nitrogens with zero attached hydrogens (tertiary/aromatic N) is 2. The Balaban J connectivity index is 0.000000429. The number of carboxylic acids is 1. The summed E-state index contributed by atoms with van der Waals surface area (Å²) in [5, 5.41) is 10.2. The standard InChI is InChI=1S/C21H14ClN3O3.C2HF3O2/c22-16-9-5-6-13(18(16)24-19(26)17-10-3-4-11-23-17)12-25-20(27)14-7-1-2-8-15(14)21(25)28;3-2(4,5)1(6)7/h1-11H,12H2,(H,24,26);(H,6,7). The van der Waals surface area contributed by atoms with Crippen molar-refractivity contribution in [2.75, 3.05) is 5.32 Å². The number of hydrogen-bond acceptors (Lipinski definition) is 5. The van der Waals surface area contributed by atoms with Gasteiger partial charge >= 0.3 is 12.1 Å². The summed E-state index contributed by atoms with van der Waals surface area (Å²) in [5.74, 6) is -3.94. The molecule has 0 bridgehead atoms. The topological polar surface area (TPSA) is 117 Å². The third-order valence-corrected chi connectivity index (χ3v) is 5.00. The third-order valence-electron chi connectivity index (χ3n) is 4.69. The summed E-state index contributed by atoms with van der Waals surface area (Å²) in [5.41, 5.74) is 1.86. The van der Waals surface area contributed by atoms with Gasteiger partial charge in [-0.25, -0.2) is 4.79 Å². The van der Waals surface area contributed by atoms with Crippen molar-refractivity contribution in [3.63, 3.8) is 0 Å². The lowest BCUT2D eigenvalue weighted by molar-refractivity contribution is -0.192. The van der Waals surface area contributed by atoms with Crippen LogP contribution in [-0.2, 0) is 11.3 Å². The second-order valence-electron chi connectivity index (χ2n) is 6.99. The first kappa shape index (κ1) is 25.4. The molecular formula is C23H15ClF3N3O5. The first-order chi connectivity index (χ1) is 16.5. The molecule has 0 atom stereocenters. The van der Waals surface area contributed by atoms with Gasteiger partial charge in [0.2, 0.25) is 0 Å². The molecule has 3 amide bonds. The molecule has 0 fully saturated rings. The van der Waals surface area contributed by atoms with Crippen LogP contribution in [0.2, 0.25) is 5.02 Å². The van der Waals surface area contributed by atoms with E-state index in [0.29, 0.717) is 27.4 Å². The van der Waals surface area contributed by atoms with E-state index < -0.39 is 18.1 Å². The number of rotatable bonds is 4. The van der Waals surface area contributed by atoms with Crippen molar-refractivity contribution in [3.05, 3.63) is 94.3 Å². The fourth-order valence-corrected chi connectivity index (χ4v) is 3.31. The van der Waals surface area contributed by atoms with Crippen LogP contribution in [0.25, 0.3) is 0 Å². The first-order valence-corrected chi connectivity index (χ1v) is 10.1. The Labute approximate surface area is 201 Å². The van der Waals surface area contributed by atoms with Crippen LogP contribution in [0.4, 0.5) is 18.9 Å². The average Bonchev–Trinajstić information content (AvgIpc) is 3.06. The second kappa shape index (κ2) is 10.3. The molecule has 8 nitrogen and oxygen atoms in total. The number of amides is 3. The third kappa shape index (κ3) is 5.82. The fraction of sp³-hybridized carbons (Fsp3) is 0.0870. The van der Waals surface area contributed by atoms with Crippen LogP contribution < -0.4 is 5.32 Å². The molecular weight excluding hydrogens is 491 g/mol. The van der Waals surface area contributed by atoms with Gasteiger partial charge in [0.1, 0.15) is 5.69 Å². The minimum absolute atomic E-state index is 0.00919. The molecule has 0 unspecified atom stereocenters. The van der Waals surface area contributed by atoms with E-state index in [2.05, 4.69) is 10.3 Å². The molecule has 12 heteroatoms. The Kier molecular flexibility index (Phi) is 7.50. The molecule has 0 saturated heterocycles. The number of fused-ring (bicyclic) bond motifs is 1. The number of imide groups is 1. The summed E-state index contributed by atoms with van der Waals surface area (Å²) in [6, 6.07) is 16.7. The number of carbonyl (C=O) groups excluding carboxylic acids is 3. The van der Waals surface area contributed by atoms with E-state index in [1.54, 1.807) is 60.7 Å². The van der Waals surface area contributed by atoms with Gasteiger partial charge in [0.05, 0.1) is 28.4 Å². The number of anilines is 1. The van der Waals surface area contributed by atoms with Gasteiger partial charge in [0, 0.05) is 6.20 Å². The van der Waals surface area contributed by atoms with Crippen molar-refractivity contribution in [3.8, 4) is 0 Å². The summed E-state index contributed by atoms with van der Waals surface area (Å²) in [7, 11) is 0. The summed E-state index contributed by atoms with van der Waals surface area (Å²) < 4.78 is 31.7. The molecule has 35 heavy (non-hydrogen) atoms. The maximum atomic E-state index is 12.6. The van der Waals surface area contributed by atoms with Crippen LogP contribution in [0.1, 0.15) is 36.8 Å². The molecule has 2 heterocycles. The number of hydrogen-bond donors (Lipinski definition) is 2. The number of carboxylic acid groups (broad SMARTS) is 1. The molecule has 4 rings (SSSR count). The van der Waals surface area contributed by atoms with E-state index in [1.165, 1.54) is 6.20 Å². The highest BCUT2D eigenvalue weighted by Crippen LogP contribution is 2.30. The molecule has 1 aliphatic heterocycles. The zero-order chi connectivity index (χ0) is 25.8. The van der Waals surface area contributed by atoms with Crippen LogP contribution >= 0.6 is 11.6 Å². The number of pyridine rings is 1. The lowest BCUT2D eigenvalue weighted by atomic mass is 10.1. The maximum absolute atomic E-state index is 12.6. The minimum Gasteiger partial charge on any atom is -0.475 e. The molecule has 180 valence electrons. The van der Waals surface area contributed by atoms with E-state index in [0.717, 1.165) is 4.90 Å². The quantitative estimate of drug-likeness (QED) is 0.507. The molecule has 1 aromatic heterocycles. The number of nitrogens with one attached hydrogen (secondary N) is 1. The molecule has 0 spiro atoms. The van der Waals surface area contributed by atoms with E-state index >= 15 is 0 Å². The van der Waals surface area contributed by atoms with Gasteiger partial charge in [-0.1, -0.05) is 41.9 Å². The number of para-hydroxylation sites is 1. The first-order valence-electron chi connectivity index (χ1n) is 9.75. The Morgan fingerprint density at radius 3 is 2.03 bits per heavy atom. The number of aliphatic carboxylic acids is 1. The number of benzene rings is 2. The number of alkyl halides is 3. The number of carbonyl (C=O) groups is 4. The van der Waals surface area contributed by atoms with E-state index in [4.69, 9.17) is 21.5 Å². The fourth-order valence-electron chi connectivity index (χ4n) is 3.07. The van der Waals surface area contributed by atoms with Crippen molar-refractivity contribution >= 4 is 41.0 Å². The highest BCUT2D eigenvalue weighted by molar-refractivity contribution is 6.34. The van der Waals surface area contributed by atoms with Crippen LogP contribution in [0.5, 0.6) is 0 Å². The van der Waals surface area contributed by atoms with Crippen molar-refractivity contribution in [2.45, 2.75) is 12.7 Å². The monoisotopic (exact) mass is 505 g/mol. The van der Waals surface area contributed by atoms with E-state index in [1.807, 2.05) is 0 Å². The Hall–Kier alpha value is -4.25. The Morgan fingerprint density at radius 1 is 0.943 bits per heavy atom. The molecule has 2 N–H and O–H groups in total. The molecule has 2 aromatic carbocycles. The minimum atomic E-state index is -5.08. The maximum Gasteiger partial charge on any atom is 0.490 e. The van der Waals surface area contributed by atoms with E-state index in [-0.39, 0.29) is 24.1 Å². The predicted molar refractivity (Wildman–Crippen MR) is 118 cm³/mol. The van der Waals surface area contributed by atoms with Gasteiger partial charge in [-0.05, 0) is 35.9 Å². The van der Waals surface area contributed by atoms with Crippen LogP contribution in [0.15, 0.2) is 66.9 Å². The molecule has 0 radical (unpaired) electrons. The van der Waals surface area contributed by atoms with Gasteiger partial charge in [0.25, 0.3) is 17.7 Å². The normalized spacial score (nSPS) is 12.5. The SMILES string of the molecule is O=C(Nc1c(Cl)cccc1CN1C(=O)c2ccccc2C1=O)c1ccccn1.O=C(O)C(F)(F)F. The largest absolute Gasteiger partial charge is 0.490 e. The second-order valence-corrected chi connectivity index (χ2v) is 7.40. The summed E-state index contributed by atoms with van der Waals surface area (Å²) >= 11 is 6.28. The van der Waals surface area contributed by atoms with Crippen LogP contribution in [0.3, 0.4) is 0 Å². The van der Waals surface area contributed by atoms with Gasteiger partial charge in [-0.3, -0.25) is 24.3 Å². The summed E-state index contributed by atoms with van der Waals surface area (Å²) in [6.07, 6.45) is -3.57. The molecule has 1 aliphatic rings. The highest BCUT2D eigenvalue weighted by Gasteiger charge is 2.38. The average molecular weight is 506 g/mol. The molecule has 3 aromatic rings. The number of halogens is 4. The Morgan fingerprint density at radius 2 is 1.51 bits per heavy atom. The van der Waals surface area contributed by atoms with Gasteiger partial charge in [-0.2, -0.15) is 13.2 Å². The lowest BCUT2D eigenvalue weighted by Crippen LogP contribution is -2.29. The summed E-state index contributed by atoms with van der Waals surface area (Å²) in [6.45, 7) is -0.00919.